The van der Waals surface area contributed by atoms with Crippen LogP contribution >= 0.6 is 0 Å². The number of ether oxygens (including phenoxy) is 2. The second-order valence-corrected chi connectivity index (χ2v) is 7.11. The van der Waals surface area contributed by atoms with E-state index < -0.39 is 17.7 Å². The maximum absolute atomic E-state index is 13.8. The second-order valence-electron chi connectivity index (χ2n) is 7.11. The summed E-state index contributed by atoms with van der Waals surface area (Å²) in [4.78, 5) is 12.8. The van der Waals surface area contributed by atoms with Crippen LogP contribution in [-0.2, 0) is 11.0 Å². The number of alkyl halides is 3. The minimum Gasteiger partial charge on any atom is -0.493 e. The molecule has 0 radical (unpaired) electrons. The third-order valence-electron chi connectivity index (χ3n) is 5.47. The maximum Gasteiger partial charge on any atom is 0.416 e. The highest BCUT2D eigenvalue weighted by molar-refractivity contribution is 6.01. The zero-order valence-electron chi connectivity index (χ0n) is 16.0. The number of rotatable bonds is 3. The number of fused-ring (bicyclic) bond motifs is 1. The van der Waals surface area contributed by atoms with Gasteiger partial charge < -0.3 is 14.8 Å². The Hall–Kier alpha value is -2.96. The molecule has 0 fully saturated rings. The zero-order chi connectivity index (χ0) is 20.8. The van der Waals surface area contributed by atoms with Crippen LogP contribution in [0.4, 0.5) is 18.9 Å². The quantitative estimate of drug-likeness (QED) is 0.757. The number of halogens is 3. The minimum absolute atomic E-state index is 0.0673. The van der Waals surface area contributed by atoms with Crippen LogP contribution in [0.1, 0.15) is 41.9 Å². The van der Waals surface area contributed by atoms with Crippen molar-refractivity contribution in [2.24, 2.45) is 0 Å². The summed E-state index contributed by atoms with van der Waals surface area (Å²) in [6, 6.07) is 8.81. The molecule has 0 spiro atoms. The van der Waals surface area contributed by atoms with Crippen LogP contribution in [0, 0.1) is 0 Å². The van der Waals surface area contributed by atoms with Gasteiger partial charge in [-0.2, -0.15) is 13.2 Å². The van der Waals surface area contributed by atoms with Crippen LogP contribution in [0.25, 0.3) is 0 Å². The van der Waals surface area contributed by atoms with E-state index in [1.165, 1.54) is 26.4 Å². The molecule has 1 aliphatic heterocycles. The molecule has 0 unspecified atom stereocenters. The van der Waals surface area contributed by atoms with Crippen molar-refractivity contribution < 1.29 is 27.4 Å². The van der Waals surface area contributed by atoms with Crippen LogP contribution < -0.4 is 14.8 Å². The molecule has 29 heavy (non-hydrogen) atoms. The topological polar surface area (TPSA) is 47.6 Å². The van der Waals surface area contributed by atoms with Crippen molar-refractivity contribution in [2.45, 2.75) is 31.4 Å². The monoisotopic (exact) mass is 403 g/mol. The number of benzene rings is 2. The number of nitrogens with one attached hydrogen (secondary N) is 1. The van der Waals surface area contributed by atoms with E-state index in [1.807, 2.05) is 0 Å². The summed E-state index contributed by atoms with van der Waals surface area (Å²) in [6.45, 7) is 0. The molecule has 0 bridgehead atoms. The van der Waals surface area contributed by atoms with Gasteiger partial charge in [-0.15, -0.1) is 0 Å². The molecule has 0 aromatic heterocycles. The van der Waals surface area contributed by atoms with Crippen LogP contribution in [0.2, 0.25) is 0 Å². The molecule has 0 saturated carbocycles. The number of methoxy groups -OCH3 is 2. The number of hydrogen-bond donors (Lipinski definition) is 1. The van der Waals surface area contributed by atoms with Gasteiger partial charge >= 0.3 is 6.18 Å². The van der Waals surface area contributed by atoms with Crippen molar-refractivity contribution in [3.05, 3.63) is 64.4 Å². The van der Waals surface area contributed by atoms with E-state index in [4.69, 9.17) is 9.47 Å². The molecule has 0 amide bonds. The Bertz CT molecular complexity index is 1010. The number of carbonyl (C=O) groups excluding carboxylic acids is 1. The first-order valence-corrected chi connectivity index (χ1v) is 9.30. The first-order chi connectivity index (χ1) is 13.8. The van der Waals surface area contributed by atoms with Gasteiger partial charge in [0.15, 0.2) is 17.3 Å². The van der Waals surface area contributed by atoms with E-state index in [9.17, 15) is 18.0 Å². The molecule has 1 aliphatic carbocycles. The van der Waals surface area contributed by atoms with E-state index in [0.717, 1.165) is 6.07 Å². The average molecular weight is 403 g/mol. The van der Waals surface area contributed by atoms with E-state index in [-0.39, 0.29) is 11.3 Å². The van der Waals surface area contributed by atoms with Gasteiger partial charge in [-0.1, -0.05) is 18.2 Å². The number of hydrogen-bond acceptors (Lipinski definition) is 4. The number of carbonyl (C=O) groups is 1. The SMILES string of the molecule is COc1cc2c(cc1OC)[C@@H](c1ccccc1C(F)(F)F)C1=C(CCCC1=O)N2. The number of anilines is 1. The molecule has 2 aromatic rings. The Morgan fingerprint density at radius 1 is 1.00 bits per heavy atom. The highest BCUT2D eigenvalue weighted by Crippen LogP contribution is 2.50. The van der Waals surface area contributed by atoms with Crippen molar-refractivity contribution in [3.63, 3.8) is 0 Å². The number of Topliss-reactive ketones (excluding diaryl/α,β-unsaturated/α-hetero) is 1. The molecule has 152 valence electrons. The Balaban J connectivity index is 2.01. The fourth-order valence-corrected chi connectivity index (χ4v) is 4.22. The lowest BCUT2D eigenvalue weighted by atomic mass is 9.74. The Morgan fingerprint density at radius 3 is 2.38 bits per heavy atom. The largest absolute Gasteiger partial charge is 0.493 e. The van der Waals surface area contributed by atoms with Crippen LogP contribution in [0.5, 0.6) is 11.5 Å². The van der Waals surface area contributed by atoms with Crippen molar-refractivity contribution in [3.8, 4) is 11.5 Å². The molecule has 1 heterocycles. The maximum atomic E-state index is 13.8. The first-order valence-electron chi connectivity index (χ1n) is 9.30. The summed E-state index contributed by atoms with van der Waals surface area (Å²) in [5, 5.41) is 3.26. The van der Waals surface area contributed by atoms with Crippen LogP contribution in [-0.4, -0.2) is 20.0 Å². The van der Waals surface area contributed by atoms with Crippen molar-refractivity contribution in [2.75, 3.05) is 19.5 Å². The summed E-state index contributed by atoms with van der Waals surface area (Å²) in [5.41, 5.74) is 1.61. The summed E-state index contributed by atoms with van der Waals surface area (Å²) >= 11 is 0. The van der Waals surface area contributed by atoms with E-state index in [1.54, 1.807) is 18.2 Å². The minimum atomic E-state index is -4.53. The molecule has 4 rings (SSSR count). The van der Waals surface area contributed by atoms with Gasteiger partial charge in [-0.3, -0.25) is 4.79 Å². The Morgan fingerprint density at radius 2 is 1.69 bits per heavy atom. The lowest BCUT2D eigenvalue weighted by Crippen LogP contribution is -2.28. The van der Waals surface area contributed by atoms with Gasteiger partial charge in [0, 0.05) is 35.4 Å². The van der Waals surface area contributed by atoms with Gasteiger partial charge in [0.25, 0.3) is 0 Å². The number of ketones is 1. The third kappa shape index (κ3) is 3.24. The van der Waals surface area contributed by atoms with Gasteiger partial charge in [0.2, 0.25) is 0 Å². The predicted octanol–water partition coefficient (Wildman–Crippen LogP) is 5.29. The Labute approximate surface area is 166 Å². The van der Waals surface area contributed by atoms with Gasteiger partial charge in [-0.25, -0.2) is 0 Å². The molecule has 4 nitrogen and oxygen atoms in total. The molecule has 1 atom stereocenters. The molecule has 0 saturated heterocycles. The molecule has 1 N–H and O–H groups in total. The molecule has 2 aliphatic rings. The average Bonchev–Trinajstić information content (AvgIpc) is 2.70. The fourth-order valence-electron chi connectivity index (χ4n) is 4.22. The van der Waals surface area contributed by atoms with Crippen molar-refractivity contribution in [1.82, 2.24) is 0 Å². The highest BCUT2D eigenvalue weighted by atomic mass is 19.4. The standard InChI is InChI=1S/C22H20F3NO3/c1-28-18-10-13-16(11-19(18)29-2)26-15-8-5-9-17(27)21(15)20(13)12-6-3-4-7-14(12)22(23,24)25/h3-4,6-7,10-11,20,26H,5,8-9H2,1-2H3/t20-/m1/s1. The molecular weight excluding hydrogens is 383 g/mol. The summed E-state index contributed by atoms with van der Waals surface area (Å²) < 4.78 is 52.1. The smallest absolute Gasteiger partial charge is 0.416 e. The lowest BCUT2D eigenvalue weighted by Gasteiger charge is -2.35. The van der Waals surface area contributed by atoms with Gasteiger partial charge in [-0.05, 0) is 36.1 Å². The van der Waals surface area contributed by atoms with Gasteiger partial charge in [0.1, 0.15) is 0 Å². The first kappa shape index (κ1) is 19.4. The Kier molecular flexibility index (Phi) is 4.76. The normalized spacial score (nSPS) is 18.7. The lowest BCUT2D eigenvalue weighted by molar-refractivity contribution is -0.138. The second kappa shape index (κ2) is 7.13. The molecular formula is C22H20F3NO3. The summed E-state index contributed by atoms with van der Waals surface area (Å²) in [7, 11) is 2.97. The van der Waals surface area contributed by atoms with Crippen LogP contribution in [0.15, 0.2) is 47.7 Å². The highest BCUT2D eigenvalue weighted by Gasteiger charge is 2.41. The van der Waals surface area contributed by atoms with E-state index in [0.29, 0.717) is 53.3 Å². The van der Waals surface area contributed by atoms with Crippen LogP contribution in [0.3, 0.4) is 0 Å². The molecule has 2 aromatic carbocycles. The summed E-state index contributed by atoms with van der Waals surface area (Å²) in [6.07, 6.45) is -2.93. The third-order valence-corrected chi connectivity index (χ3v) is 5.47. The predicted molar refractivity (Wildman–Crippen MR) is 102 cm³/mol. The fraction of sp³-hybridized carbons (Fsp3) is 0.318. The van der Waals surface area contributed by atoms with E-state index >= 15 is 0 Å². The zero-order valence-corrected chi connectivity index (χ0v) is 16.0. The number of allylic oxidation sites excluding steroid dienone is 2. The van der Waals surface area contributed by atoms with Gasteiger partial charge in [0.05, 0.1) is 19.8 Å². The van der Waals surface area contributed by atoms with E-state index in [2.05, 4.69) is 5.32 Å². The summed E-state index contributed by atoms with van der Waals surface area (Å²) in [5.74, 6) is -0.0875. The van der Waals surface area contributed by atoms with Crippen molar-refractivity contribution in [1.29, 1.82) is 0 Å². The van der Waals surface area contributed by atoms with Crippen molar-refractivity contribution >= 4 is 11.5 Å². The molecule has 7 heteroatoms.